The third-order valence-corrected chi connectivity index (χ3v) is 7.54. The van der Waals surface area contributed by atoms with Gasteiger partial charge in [0.15, 0.2) is 5.69 Å². The first-order valence-electron chi connectivity index (χ1n) is 12.2. The standard InChI is InChI=1S/C27H31N5O5S/c1-15-8-4-7-11-19(15)32(27(35)24-21(28)22(25(29)33)31-38-24)23(26(34)30-16-9-5-6-10-16)18-14-17(36-2)12-13-20(18)37-3/h4,7-8,11-14,16,23H,5-6,9-10,28H2,1-3H3,(H2,29,33)(H,30,34). The van der Waals surface area contributed by atoms with Gasteiger partial charge in [0.25, 0.3) is 11.8 Å². The molecule has 1 heterocycles. The normalized spacial score (nSPS) is 14.1. The average Bonchev–Trinajstić information content (AvgIpc) is 3.56. The highest BCUT2D eigenvalue weighted by atomic mass is 32.1. The van der Waals surface area contributed by atoms with E-state index in [0.29, 0.717) is 22.7 Å². The van der Waals surface area contributed by atoms with Crippen molar-refractivity contribution in [2.24, 2.45) is 5.73 Å². The molecule has 0 spiro atoms. The molecule has 11 heteroatoms. The minimum Gasteiger partial charge on any atom is -0.497 e. The lowest BCUT2D eigenvalue weighted by atomic mass is 9.99. The van der Waals surface area contributed by atoms with E-state index in [4.69, 9.17) is 20.9 Å². The summed E-state index contributed by atoms with van der Waals surface area (Å²) in [6.45, 7) is 1.84. The van der Waals surface area contributed by atoms with Crippen LogP contribution in [0.15, 0.2) is 42.5 Å². The zero-order valence-corrected chi connectivity index (χ0v) is 22.3. The van der Waals surface area contributed by atoms with Gasteiger partial charge in [0.05, 0.1) is 19.9 Å². The van der Waals surface area contributed by atoms with Gasteiger partial charge in [-0.3, -0.25) is 19.3 Å². The fourth-order valence-corrected chi connectivity index (χ4v) is 5.48. The summed E-state index contributed by atoms with van der Waals surface area (Å²) in [5.41, 5.74) is 12.9. The van der Waals surface area contributed by atoms with E-state index < -0.39 is 17.9 Å². The van der Waals surface area contributed by atoms with E-state index in [2.05, 4.69) is 9.69 Å². The molecular formula is C27H31N5O5S. The molecular weight excluding hydrogens is 506 g/mol. The van der Waals surface area contributed by atoms with Gasteiger partial charge >= 0.3 is 0 Å². The highest BCUT2D eigenvalue weighted by Gasteiger charge is 2.39. The van der Waals surface area contributed by atoms with E-state index in [1.807, 2.05) is 19.1 Å². The third-order valence-electron chi connectivity index (χ3n) is 6.69. The molecule has 1 aliphatic carbocycles. The number of carbonyl (C=O) groups excluding carboxylic acids is 3. The topological polar surface area (TPSA) is 150 Å². The van der Waals surface area contributed by atoms with Crippen molar-refractivity contribution in [2.75, 3.05) is 24.9 Å². The molecule has 5 N–H and O–H groups in total. The van der Waals surface area contributed by atoms with Crippen LogP contribution in [-0.4, -0.2) is 42.4 Å². The second kappa shape index (κ2) is 11.5. The number of ether oxygens (including phenoxy) is 2. The maximum atomic E-state index is 14.3. The molecule has 2 aromatic carbocycles. The van der Waals surface area contributed by atoms with Crippen LogP contribution in [0, 0.1) is 6.92 Å². The van der Waals surface area contributed by atoms with Crippen molar-refractivity contribution in [3.63, 3.8) is 0 Å². The monoisotopic (exact) mass is 537 g/mol. The number of rotatable bonds is 9. The molecule has 0 bridgehead atoms. The summed E-state index contributed by atoms with van der Waals surface area (Å²) in [4.78, 5) is 41.6. The minimum absolute atomic E-state index is 0.00239. The number of para-hydroxylation sites is 1. The predicted molar refractivity (Wildman–Crippen MR) is 146 cm³/mol. The van der Waals surface area contributed by atoms with Crippen molar-refractivity contribution in [3.8, 4) is 11.5 Å². The summed E-state index contributed by atoms with van der Waals surface area (Å²) >= 11 is 0.762. The predicted octanol–water partition coefficient (Wildman–Crippen LogP) is 3.60. The smallest absolute Gasteiger partial charge is 0.273 e. The number of benzene rings is 2. The number of primary amides is 1. The molecule has 38 heavy (non-hydrogen) atoms. The van der Waals surface area contributed by atoms with Crippen molar-refractivity contribution in [1.29, 1.82) is 0 Å². The van der Waals surface area contributed by atoms with Crippen LogP contribution in [0.5, 0.6) is 11.5 Å². The fourth-order valence-electron chi connectivity index (χ4n) is 4.74. The average molecular weight is 538 g/mol. The summed E-state index contributed by atoms with van der Waals surface area (Å²) in [6, 6.07) is 11.1. The molecule has 10 nitrogen and oxygen atoms in total. The van der Waals surface area contributed by atoms with Crippen LogP contribution in [0.25, 0.3) is 0 Å². The van der Waals surface area contributed by atoms with E-state index in [0.717, 1.165) is 42.8 Å². The van der Waals surface area contributed by atoms with Crippen molar-refractivity contribution in [3.05, 3.63) is 64.2 Å². The van der Waals surface area contributed by atoms with E-state index in [-0.39, 0.29) is 28.2 Å². The number of methoxy groups -OCH3 is 2. The van der Waals surface area contributed by atoms with Crippen LogP contribution >= 0.6 is 11.5 Å². The zero-order chi connectivity index (χ0) is 27.4. The van der Waals surface area contributed by atoms with Gasteiger partial charge in [0.2, 0.25) is 5.91 Å². The number of nitrogens with two attached hydrogens (primary N) is 2. The van der Waals surface area contributed by atoms with E-state index >= 15 is 0 Å². The molecule has 1 unspecified atom stereocenters. The van der Waals surface area contributed by atoms with Crippen LogP contribution in [0.3, 0.4) is 0 Å². The Labute approximate surface area is 225 Å². The molecule has 0 aliphatic heterocycles. The van der Waals surface area contributed by atoms with Crippen LogP contribution in [0.1, 0.15) is 63.0 Å². The lowest BCUT2D eigenvalue weighted by molar-refractivity contribution is -0.123. The van der Waals surface area contributed by atoms with Gasteiger partial charge in [-0.1, -0.05) is 31.0 Å². The second-order valence-corrected chi connectivity index (χ2v) is 9.87. The first-order valence-corrected chi connectivity index (χ1v) is 13.0. The van der Waals surface area contributed by atoms with Crippen molar-refractivity contribution < 1.29 is 23.9 Å². The fraction of sp³-hybridized carbons (Fsp3) is 0.333. The summed E-state index contributed by atoms with van der Waals surface area (Å²) in [5, 5.41) is 3.13. The quantitative estimate of drug-likeness (QED) is 0.377. The number of aromatic nitrogens is 1. The Morgan fingerprint density at radius 1 is 1.11 bits per heavy atom. The van der Waals surface area contributed by atoms with Crippen LogP contribution < -0.4 is 31.2 Å². The number of aryl methyl sites for hydroxylation is 1. The molecule has 1 aromatic heterocycles. The van der Waals surface area contributed by atoms with E-state index in [1.54, 1.807) is 30.3 Å². The Morgan fingerprint density at radius 3 is 2.42 bits per heavy atom. The molecule has 1 fully saturated rings. The number of nitrogens with zero attached hydrogens (tertiary/aromatic N) is 2. The minimum atomic E-state index is -1.16. The van der Waals surface area contributed by atoms with E-state index in [9.17, 15) is 14.4 Å². The molecule has 1 atom stereocenters. The van der Waals surface area contributed by atoms with Gasteiger partial charge in [-0.2, -0.15) is 4.37 Å². The van der Waals surface area contributed by atoms with Gasteiger partial charge in [0, 0.05) is 17.3 Å². The van der Waals surface area contributed by atoms with Crippen molar-refractivity contribution >= 4 is 40.6 Å². The lowest BCUT2D eigenvalue weighted by Gasteiger charge is -2.33. The molecule has 0 radical (unpaired) electrons. The molecule has 200 valence electrons. The van der Waals surface area contributed by atoms with Crippen LogP contribution in [0.2, 0.25) is 0 Å². The maximum absolute atomic E-state index is 14.3. The molecule has 3 aromatic rings. The van der Waals surface area contributed by atoms with Gasteiger partial charge in [-0.05, 0) is 61.1 Å². The Balaban J connectivity index is 1.94. The largest absolute Gasteiger partial charge is 0.497 e. The number of hydrogen-bond donors (Lipinski definition) is 3. The zero-order valence-electron chi connectivity index (χ0n) is 21.5. The Kier molecular flexibility index (Phi) is 8.16. The summed E-state index contributed by atoms with van der Waals surface area (Å²) in [6.07, 6.45) is 3.75. The van der Waals surface area contributed by atoms with Gasteiger partial charge in [-0.25, -0.2) is 0 Å². The summed E-state index contributed by atoms with van der Waals surface area (Å²) in [5.74, 6) is -0.925. The number of amides is 3. The lowest BCUT2D eigenvalue weighted by Crippen LogP contribution is -2.46. The van der Waals surface area contributed by atoms with Crippen molar-refractivity contribution in [1.82, 2.24) is 9.69 Å². The highest BCUT2D eigenvalue weighted by molar-refractivity contribution is 7.09. The molecule has 4 rings (SSSR count). The van der Waals surface area contributed by atoms with Crippen LogP contribution in [0.4, 0.5) is 11.4 Å². The first-order chi connectivity index (χ1) is 18.3. The molecule has 0 saturated heterocycles. The highest BCUT2D eigenvalue weighted by Crippen LogP contribution is 2.39. The maximum Gasteiger partial charge on any atom is 0.273 e. The Morgan fingerprint density at radius 2 is 1.82 bits per heavy atom. The van der Waals surface area contributed by atoms with Crippen LogP contribution in [-0.2, 0) is 4.79 Å². The summed E-state index contributed by atoms with van der Waals surface area (Å²) in [7, 11) is 3.02. The Bertz CT molecular complexity index is 1350. The number of nitrogen functional groups attached to an aromatic ring is 1. The molecule has 1 aliphatic rings. The van der Waals surface area contributed by atoms with Gasteiger partial charge < -0.3 is 26.3 Å². The number of carbonyl (C=O) groups is 3. The van der Waals surface area contributed by atoms with Gasteiger partial charge in [0.1, 0.15) is 22.4 Å². The number of nitrogens with one attached hydrogen (secondary N) is 1. The van der Waals surface area contributed by atoms with Crippen molar-refractivity contribution in [2.45, 2.75) is 44.7 Å². The molecule has 1 saturated carbocycles. The number of anilines is 2. The SMILES string of the molecule is COc1ccc(OC)c(C(C(=O)NC2CCCC2)N(C(=O)c2snc(C(N)=O)c2N)c2ccccc2C)c1. The second-order valence-electron chi connectivity index (χ2n) is 9.10. The van der Waals surface area contributed by atoms with E-state index in [1.165, 1.54) is 19.1 Å². The number of hydrogen-bond acceptors (Lipinski definition) is 8. The first kappa shape index (κ1) is 26.9. The van der Waals surface area contributed by atoms with Gasteiger partial charge in [-0.15, -0.1) is 0 Å². The third kappa shape index (κ3) is 5.28. The summed E-state index contributed by atoms with van der Waals surface area (Å²) < 4.78 is 15.1. The Hall–Kier alpha value is -4.12. The molecule has 3 amide bonds.